The monoisotopic (exact) mass is 246 g/mol. The quantitative estimate of drug-likeness (QED) is 0.626. The maximum atomic E-state index is 10.5. The van der Waals surface area contributed by atoms with Crippen molar-refractivity contribution < 1.29 is 4.79 Å². The highest BCUT2D eigenvalue weighted by atomic mass is 16.1. The zero-order valence-corrected chi connectivity index (χ0v) is 11.1. The largest absolute Gasteiger partial charge is 0.370 e. The van der Waals surface area contributed by atoms with E-state index in [2.05, 4.69) is 30.7 Å². The summed E-state index contributed by atoms with van der Waals surface area (Å²) < 4.78 is 0. The summed E-state index contributed by atoms with van der Waals surface area (Å²) in [6.07, 6.45) is 11.1. The van der Waals surface area contributed by atoms with Gasteiger partial charge in [-0.2, -0.15) is 0 Å². The van der Waals surface area contributed by atoms with E-state index in [1.54, 1.807) is 0 Å². The first-order valence-corrected chi connectivity index (χ1v) is 6.95. The lowest BCUT2D eigenvalue weighted by atomic mass is 10.0. The van der Waals surface area contributed by atoms with Gasteiger partial charge in [0.1, 0.15) is 0 Å². The molecule has 0 aliphatic rings. The first-order valence-electron chi connectivity index (χ1n) is 6.95. The Labute approximate surface area is 111 Å². The molecule has 1 aromatic rings. The van der Waals surface area contributed by atoms with Gasteiger partial charge in [-0.3, -0.25) is 4.79 Å². The molecule has 0 unspecified atom stereocenters. The smallest absolute Gasteiger partial charge is 0.217 e. The van der Waals surface area contributed by atoms with Gasteiger partial charge >= 0.3 is 0 Å². The van der Waals surface area contributed by atoms with Crippen LogP contribution in [0.1, 0.15) is 56.9 Å². The number of unbranched alkanes of at least 4 members (excludes halogenated alkanes) is 6. The van der Waals surface area contributed by atoms with Crippen molar-refractivity contribution >= 4 is 5.91 Å². The Balaban J connectivity index is 1.86. The highest BCUT2D eigenvalue weighted by molar-refractivity contribution is 5.73. The van der Waals surface area contributed by atoms with Crippen LogP contribution in [0.2, 0.25) is 0 Å². The SMILES string of the molecule is NC(=O)CCCCCCCC[CH]c1ccccc1. The predicted octanol–water partition coefficient (Wildman–Crippen LogP) is 3.85. The first-order chi connectivity index (χ1) is 8.79. The minimum Gasteiger partial charge on any atom is -0.370 e. The molecule has 0 fully saturated rings. The van der Waals surface area contributed by atoms with Crippen LogP contribution in [0, 0.1) is 6.42 Å². The Morgan fingerprint density at radius 2 is 1.56 bits per heavy atom. The van der Waals surface area contributed by atoms with Crippen LogP contribution in [0.4, 0.5) is 0 Å². The highest BCUT2D eigenvalue weighted by Crippen LogP contribution is 2.12. The first kappa shape index (κ1) is 14.7. The Hall–Kier alpha value is -1.31. The lowest BCUT2D eigenvalue weighted by Gasteiger charge is -2.02. The topological polar surface area (TPSA) is 43.1 Å². The third-order valence-electron chi connectivity index (χ3n) is 3.06. The normalized spacial score (nSPS) is 10.4. The van der Waals surface area contributed by atoms with Gasteiger partial charge < -0.3 is 5.73 Å². The molecule has 2 N–H and O–H groups in total. The molecule has 0 bridgehead atoms. The Morgan fingerprint density at radius 1 is 0.944 bits per heavy atom. The average Bonchev–Trinajstić information content (AvgIpc) is 2.37. The van der Waals surface area contributed by atoms with Crippen molar-refractivity contribution in [3.8, 4) is 0 Å². The molecule has 0 saturated heterocycles. The molecule has 1 aromatic carbocycles. The van der Waals surface area contributed by atoms with E-state index < -0.39 is 0 Å². The lowest BCUT2D eigenvalue weighted by molar-refractivity contribution is -0.118. The summed E-state index contributed by atoms with van der Waals surface area (Å²) in [4.78, 5) is 10.5. The second-order valence-electron chi connectivity index (χ2n) is 4.74. The molecule has 1 rings (SSSR count). The van der Waals surface area contributed by atoms with Crippen LogP contribution in [0.25, 0.3) is 0 Å². The van der Waals surface area contributed by atoms with Crippen molar-refractivity contribution in [2.45, 2.75) is 51.4 Å². The average molecular weight is 246 g/mol. The minimum atomic E-state index is -0.174. The van der Waals surface area contributed by atoms with Crippen molar-refractivity contribution in [3.63, 3.8) is 0 Å². The number of nitrogens with two attached hydrogens (primary N) is 1. The zero-order chi connectivity index (χ0) is 13.1. The van der Waals surface area contributed by atoms with E-state index in [0.29, 0.717) is 6.42 Å². The third kappa shape index (κ3) is 7.88. The number of rotatable bonds is 10. The van der Waals surface area contributed by atoms with Gasteiger partial charge in [0.2, 0.25) is 5.91 Å². The Morgan fingerprint density at radius 3 is 2.22 bits per heavy atom. The molecule has 2 heteroatoms. The zero-order valence-electron chi connectivity index (χ0n) is 11.1. The van der Waals surface area contributed by atoms with Crippen LogP contribution in [-0.2, 0) is 4.79 Å². The molecule has 0 saturated carbocycles. The number of amides is 1. The highest BCUT2D eigenvalue weighted by Gasteiger charge is 1.96. The van der Waals surface area contributed by atoms with Gasteiger partial charge in [0.15, 0.2) is 0 Å². The fourth-order valence-corrected chi connectivity index (χ4v) is 2.01. The molecular formula is C16H24NO. The molecular weight excluding hydrogens is 222 g/mol. The Bertz CT molecular complexity index is 321. The second-order valence-corrected chi connectivity index (χ2v) is 4.74. The van der Waals surface area contributed by atoms with E-state index in [1.807, 2.05) is 6.07 Å². The van der Waals surface area contributed by atoms with E-state index in [0.717, 1.165) is 19.3 Å². The minimum absolute atomic E-state index is 0.174. The molecule has 0 aliphatic heterocycles. The van der Waals surface area contributed by atoms with Crippen LogP contribution < -0.4 is 5.73 Å². The number of benzene rings is 1. The van der Waals surface area contributed by atoms with Crippen LogP contribution in [0.5, 0.6) is 0 Å². The van der Waals surface area contributed by atoms with E-state index in [9.17, 15) is 4.79 Å². The van der Waals surface area contributed by atoms with Gasteiger partial charge in [-0.1, -0.05) is 62.4 Å². The van der Waals surface area contributed by atoms with Crippen molar-refractivity contribution in [3.05, 3.63) is 42.3 Å². The summed E-state index contributed by atoms with van der Waals surface area (Å²) in [5.74, 6) is -0.174. The summed E-state index contributed by atoms with van der Waals surface area (Å²) in [6.45, 7) is 0. The van der Waals surface area contributed by atoms with Gasteiger partial charge in [0, 0.05) is 6.42 Å². The van der Waals surface area contributed by atoms with Crippen molar-refractivity contribution in [2.75, 3.05) is 0 Å². The summed E-state index contributed by atoms with van der Waals surface area (Å²) in [5.41, 5.74) is 6.40. The molecule has 1 radical (unpaired) electrons. The van der Waals surface area contributed by atoms with Gasteiger partial charge in [-0.05, 0) is 24.8 Å². The maximum absolute atomic E-state index is 10.5. The Kier molecular flexibility index (Phi) is 7.94. The van der Waals surface area contributed by atoms with E-state index in [-0.39, 0.29) is 5.91 Å². The number of primary amides is 1. The third-order valence-corrected chi connectivity index (χ3v) is 3.06. The van der Waals surface area contributed by atoms with Crippen molar-refractivity contribution in [2.24, 2.45) is 5.73 Å². The van der Waals surface area contributed by atoms with Crippen molar-refractivity contribution in [1.29, 1.82) is 0 Å². The fourth-order valence-electron chi connectivity index (χ4n) is 2.01. The summed E-state index contributed by atoms with van der Waals surface area (Å²) in [5, 5.41) is 0. The van der Waals surface area contributed by atoms with E-state index in [4.69, 9.17) is 5.73 Å². The number of hydrogen-bond acceptors (Lipinski definition) is 1. The van der Waals surface area contributed by atoms with Crippen LogP contribution in [-0.4, -0.2) is 5.91 Å². The standard InChI is InChI=1S/C16H24NO/c17-16(18)14-10-5-3-1-2-4-7-11-15-12-8-6-9-13-15/h6,8-9,11-13H,1-5,7,10,14H2,(H2,17,18). The second kappa shape index (κ2) is 9.69. The number of carbonyl (C=O) groups is 1. The molecule has 0 spiro atoms. The molecule has 0 heterocycles. The summed E-state index contributed by atoms with van der Waals surface area (Å²) >= 11 is 0. The molecule has 99 valence electrons. The van der Waals surface area contributed by atoms with Gasteiger partial charge in [-0.25, -0.2) is 0 Å². The summed E-state index contributed by atoms with van der Waals surface area (Å²) in [6, 6.07) is 10.5. The molecule has 0 atom stereocenters. The molecule has 1 amide bonds. The van der Waals surface area contributed by atoms with E-state index in [1.165, 1.54) is 31.2 Å². The summed E-state index contributed by atoms with van der Waals surface area (Å²) in [7, 11) is 0. The van der Waals surface area contributed by atoms with Gasteiger partial charge in [0.05, 0.1) is 0 Å². The maximum Gasteiger partial charge on any atom is 0.217 e. The van der Waals surface area contributed by atoms with E-state index >= 15 is 0 Å². The molecule has 0 aromatic heterocycles. The van der Waals surface area contributed by atoms with Crippen LogP contribution >= 0.6 is 0 Å². The molecule has 18 heavy (non-hydrogen) atoms. The van der Waals surface area contributed by atoms with Crippen LogP contribution in [0.3, 0.4) is 0 Å². The number of hydrogen-bond donors (Lipinski definition) is 1. The fraction of sp³-hybridized carbons (Fsp3) is 0.500. The van der Waals surface area contributed by atoms with Gasteiger partial charge in [0.25, 0.3) is 0 Å². The lowest BCUT2D eigenvalue weighted by Crippen LogP contribution is -2.09. The predicted molar refractivity (Wildman–Crippen MR) is 76.0 cm³/mol. The van der Waals surface area contributed by atoms with Crippen molar-refractivity contribution in [1.82, 2.24) is 0 Å². The number of carbonyl (C=O) groups excluding carboxylic acids is 1. The molecule has 0 aliphatic carbocycles. The van der Waals surface area contributed by atoms with Gasteiger partial charge in [-0.15, -0.1) is 0 Å². The molecule has 2 nitrogen and oxygen atoms in total. The van der Waals surface area contributed by atoms with Crippen LogP contribution in [0.15, 0.2) is 30.3 Å².